The zero-order valence-electron chi connectivity index (χ0n) is 8.86. The summed E-state index contributed by atoms with van der Waals surface area (Å²) in [5, 5.41) is 20.8. The Morgan fingerprint density at radius 3 is 2.73 bits per heavy atom. The van der Waals surface area contributed by atoms with Crippen molar-refractivity contribution in [2.24, 2.45) is 0 Å². The number of nitrogens with one attached hydrogen (secondary N) is 1. The summed E-state index contributed by atoms with van der Waals surface area (Å²) >= 11 is 0. The molecule has 0 saturated carbocycles. The molecular weight excluding hydrogens is 192 g/mol. The van der Waals surface area contributed by atoms with Gasteiger partial charge in [0.25, 0.3) is 0 Å². The molecule has 5 heteroatoms. The van der Waals surface area contributed by atoms with Crippen molar-refractivity contribution in [1.82, 2.24) is 9.97 Å². The Morgan fingerprint density at radius 2 is 2.13 bits per heavy atom. The van der Waals surface area contributed by atoms with E-state index in [1.807, 2.05) is 19.9 Å². The molecule has 0 aliphatic carbocycles. The molecule has 0 radical (unpaired) electrons. The molecule has 0 aromatic carbocycles. The van der Waals surface area contributed by atoms with Crippen LogP contribution in [0.2, 0.25) is 0 Å². The zero-order valence-corrected chi connectivity index (χ0v) is 8.86. The van der Waals surface area contributed by atoms with Crippen molar-refractivity contribution in [2.75, 3.05) is 11.9 Å². The van der Waals surface area contributed by atoms with Crippen molar-refractivity contribution in [3.63, 3.8) is 0 Å². The Bertz CT molecular complexity index is 370. The summed E-state index contributed by atoms with van der Waals surface area (Å²) in [5.74, 6) is 0.457. The molecular formula is C10H14N4O. The summed E-state index contributed by atoms with van der Waals surface area (Å²) in [6.45, 7) is 3.94. The summed E-state index contributed by atoms with van der Waals surface area (Å²) in [6, 6.07) is 1.96. The number of nitrogens with zero attached hydrogens (tertiary/aromatic N) is 3. The number of hydrogen-bond donors (Lipinski definition) is 2. The summed E-state index contributed by atoms with van der Waals surface area (Å²) in [6.07, 6.45) is 3.58. The Balaban J connectivity index is 2.85. The highest BCUT2D eigenvalue weighted by Crippen LogP contribution is 2.17. The third-order valence-corrected chi connectivity index (χ3v) is 2.00. The van der Waals surface area contributed by atoms with Crippen LogP contribution in [0, 0.1) is 11.3 Å². The molecule has 15 heavy (non-hydrogen) atoms. The van der Waals surface area contributed by atoms with Gasteiger partial charge in [0.05, 0.1) is 0 Å². The third kappa shape index (κ3) is 3.18. The minimum Gasteiger partial charge on any atom is -0.396 e. The molecule has 0 aliphatic rings. The van der Waals surface area contributed by atoms with Crippen molar-refractivity contribution >= 4 is 5.82 Å². The Kier molecular flexibility index (Phi) is 3.58. The monoisotopic (exact) mass is 206 g/mol. The third-order valence-electron chi connectivity index (χ3n) is 2.00. The molecule has 1 aromatic heterocycles. The van der Waals surface area contributed by atoms with Gasteiger partial charge in [0.1, 0.15) is 6.07 Å². The highest BCUT2D eigenvalue weighted by molar-refractivity contribution is 5.48. The SMILES string of the molecule is CC(C)(CCO)Nc1nccnc1C#N. The Morgan fingerprint density at radius 1 is 1.47 bits per heavy atom. The highest BCUT2D eigenvalue weighted by Gasteiger charge is 2.19. The number of rotatable bonds is 4. The van der Waals surface area contributed by atoms with Gasteiger partial charge >= 0.3 is 0 Å². The molecule has 0 unspecified atom stereocenters. The number of aliphatic hydroxyl groups is 1. The molecule has 0 aliphatic heterocycles. The summed E-state index contributed by atoms with van der Waals surface area (Å²) < 4.78 is 0. The van der Waals surface area contributed by atoms with Gasteiger partial charge in [-0.1, -0.05) is 0 Å². The summed E-state index contributed by atoms with van der Waals surface area (Å²) in [5.41, 5.74) is -0.0420. The van der Waals surface area contributed by atoms with Crippen LogP contribution >= 0.6 is 0 Å². The fourth-order valence-corrected chi connectivity index (χ4v) is 1.17. The maximum absolute atomic E-state index is 8.87. The van der Waals surface area contributed by atoms with Crippen LogP contribution in [0.25, 0.3) is 0 Å². The van der Waals surface area contributed by atoms with Crippen LogP contribution in [0.5, 0.6) is 0 Å². The van der Waals surface area contributed by atoms with E-state index in [1.54, 1.807) is 0 Å². The average Bonchev–Trinajstić information content (AvgIpc) is 2.17. The largest absolute Gasteiger partial charge is 0.396 e. The van der Waals surface area contributed by atoms with Gasteiger partial charge in [0, 0.05) is 24.5 Å². The van der Waals surface area contributed by atoms with E-state index in [4.69, 9.17) is 10.4 Å². The minimum absolute atomic E-state index is 0.0855. The molecule has 0 amide bonds. The second-order valence-corrected chi connectivity index (χ2v) is 3.85. The first-order valence-electron chi connectivity index (χ1n) is 4.69. The molecule has 0 saturated heterocycles. The standard InChI is InChI=1S/C10H14N4O/c1-10(2,3-6-15)14-9-8(7-11)12-4-5-13-9/h4-5,15H,3,6H2,1-2H3,(H,13,14). The number of aliphatic hydroxyl groups excluding tert-OH is 1. The molecule has 1 rings (SSSR count). The fraction of sp³-hybridized carbons (Fsp3) is 0.500. The van der Waals surface area contributed by atoms with Crippen molar-refractivity contribution in [3.8, 4) is 6.07 Å². The van der Waals surface area contributed by atoms with Crippen LogP contribution in [0.1, 0.15) is 26.0 Å². The Labute approximate surface area is 88.8 Å². The second-order valence-electron chi connectivity index (χ2n) is 3.85. The normalized spacial score (nSPS) is 10.8. The van der Waals surface area contributed by atoms with Crippen molar-refractivity contribution < 1.29 is 5.11 Å². The fourth-order valence-electron chi connectivity index (χ4n) is 1.17. The molecule has 80 valence electrons. The van der Waals surface area contributed by atoms with Gasteiger partial charge < -0.3 is 10.4 Å². The van der Waals surface area contributed by atoms with Crippen LogP contribution < -0.4 is 5.32 Å². The molecule has 2 N–H and O–H groups in total. The predicted molar refractivity (Wildman–Crippen MR) is 56.2 cm³/mol. The average molecular weight is 206 g/mol. The molecule has 1 aromatic rings. The van der Waals surface area contributed by atoms with Crippen molar-refractivity contribution in [3.05, 3.63) is 18.1 Å². The highest BCUT2D eigenvalue weighted by atomic mass is 16.3. The molecule has 5 nitrogen and oxygen atoms in total. The molecule has 1 heterocycles. The molecule has 0 bridgehead atoms. The summed E-state index contributed by atoms with van der Waals surface area (Å²) in [4.78, 5) is 7.93. The van der Waals surface area contributed by atoms with E-state index in [0.29, 0.717) is 12.2 Å². The van der Waals surface area contributed by atoms with Crippen molar-refractivity contribution in [2.45, 2.75) is 25.8 Å². The van der Waals surface area contributed by atoms with Gasteiger partial charge in [-0.05, 0) is 20.3 Å². The lowest BCUT2D eigenvalue weighted by molar-refractivity contribution is 0.260. The molecule has 0 spiro atoms. The lowest BCUT2D eigenvalue weighted by atomic mass is 10.0. The van der Waals surface area contributed by atoms with E-state index < -0.39 is 0 Å². The smallest absolute Gasteiger partial charge is 0.182 e. The van der Waals surface area contributed by atoms with Crippen LogP contribution in [-0.4, -0.2) is 27.2 Å². The van der Waals surface area contributed by atoms with Gasteiger partial charge in [0.2, 0.25) is 0 Å². The minimum atomic E-state index is -0.309. The molecule has 0 atom stereocenters. The van der Waals surface area contributed by atoms with Gasteiger partial charge in [-0.2, -0.15) is 5.26 Å². The lowest BCUT2D eigenvalue weighted by Gasteiger charge is -2.25. The second kappa shape index (κ2) is 4.71. The van der Waals surface area contributed by atoms with E-state index in [1.165, 1.54) is 12.4 Å². The number of hydrogen-bond acceptors (Lipinski definition) is 5. The van der Waals surface area contributed by atoms with Crippen LogP contribution in [0.15, 0.2) is 12.4 Å². The van der Waals surface area contributed by atoms with Crippen molar-refractivity contribution in [1.29, 1.82) is 5.26 Å². The van der Waals surface area contributed by atoms with Crippen LogP contribution in [0.4, 0.5) is 5.82 Å². The first kappa shape index (κ1) is 11.4. The maximum Gasteiger partial charge on any atom is 0.182 e. The molecule has 0 fully saturated rings. The first-order chi connectivity index (χ1) is 7.09. The van der Waals surface area contributed by atoms with Gasteiger partial charge in [-0.15, -0.1) is 0 Å². The number of anilines is 1. The van der Waals surface area contributed by atoms with Gasteiger partial charge in [-0.3, -0.25) is 0 Å². The Hall–Kier alpha value is -1.67. The maximum atomic E-state index is 8.87. The van der Waals surface area contributed by atoms with E-state index in [2.05, 4.69) is 15.3 Å². The zero-order chi connectivity index (χ0) is 11.3. The van der Waals surface area contributed by atoms with Crippen LogP contribution in [-0.2, 0) is 0 Å². The number of nitriles is 1. The first-order valence-corrected chi connectivity index (χ1v) is 4.69. The van der Waals surface area contributed by atoms with Gasteiger partial charge in [0.15, 0.2) is 11.5 Å². The van der Waals surface area contributed by atoms with E-state index >= 15 is 0 Å². The topological polar surface area (TPSA) is 81.8 Å². The van der Waals surface area contributed by atoms with Gasteiger partial charge in [-0.25, -0.2) is 9.97 Å². The number of aromatic nitrogens is 2. The van der Waals surface area contributed by atoms with E-state index in [-0.39, 0.29) is 17.8 Å². The van der Waals surface area contributed by atoms with E-state index in [9.17, 15) is 0 Å². The predicted octanol–water partition coefficient (Wildman–Crippen LogP) is 0.921. The lowest BCUT2D eigenvalue weighted by Crippen LogP contribution is -2.32. The van der Waals surface area contributed by atoms with Crippen LogP contribution in [0.3, 0.4) is 0 Å². The quantitative estimate of drug-likeness (QED) is 0.765. The summed E-state index contributed by atoms with van der Waals surface area (Å²) in [7, 11) is 0. The van der Waals surface area contributed by atoms with E-state index in [0.717, 1.165) is 0 Å².